The second-order valence-corrected chi connectivity index (χ2v) is 20.3. The van der Waals surface area contributed by atoms with Gasteiger partial charge in [-0.3, -0.25) is 4.57 Å². The lowest BCUT2D eigenvalue weighted by Gasteiger charge is -2.26. The van der Waals surface area contributed by atoms with Crippen molar-refractivity contribution in [3.05, 3.63) is 230 Å². The van der Waals surface area contributed by atoms with Crippen LogP contribution in [-0.2, 0) is 12.4 Å². The van der Waals surface area contributed by atoms with Gasteiger partial charge in [-0.05, 0) is 168 Å². The molecule has 1 heterocycles. The molecule has 0 radical (unpaired) electrons. The van der Waals surface area contributed by atoms with Crippen LogP contribution < -0.4 is 9.80 Å². The normalized spacial score (nSPS) is 11.8. The molecule has 71 heavy (non-hydrogen) atoms. The summed E-state index contributed by atoms with van der Waals surface area (Å²) in [5.74, 6) is 0.776. The second-order valence-electron chi connectivity index (χ2n) is 16.4. The third-order valence-electron chi connectivity index (χ3n) is 12.0. The molecule has 352 valence electrons. The molecule has 0 aliphatic rings. The number of benzene rings is 9. The Bertz CT molecular complexity index is 3420. The van der Waals surface area contributed by atoms with Crippen LogP contribution in [0.4, 0.5) is 60.5 Å². The van der Waals surface area contributed by atoms with Crippen LogP contribution in [0.15, 0.2) is 228 Å². The molecular formula is C57H36F6I2N4S2. The largest absolute Gasteiger partial charge is 0.416 e. The van der Waals surface area contributed by atoms with Crippen LogP contribution >= 0.6 is 60.3 Å². The maximum Gasteiger partial charge on any atom is 0.416 e. The van der Waals surface area contributed by atoms with Gasteiger partial charge in [-0.2, -0.15) is 26.3 Å². The number of alkyl halides is 6. The van der Waals surface area contributed by atoms with E-state index in [1.165, 1.54) is 24.3 Å². The first-order valence-corrected chi connectivity index (χ1v) is 28.7. The predicted octanol–water partition coefficient (Wildman–Crippen LogP) is 19.9. The molecule has 0 fully saturated rings. The number of aromatic nitrogens is 2. The van der Waals surface area contributed by atoms with Gasteiger partial charge in [0, 0.05) is 97.6 Å². The fourth-order valence-electron chi connectivity index (χ4n) is 8.49. The molecule has 1 aromatic heterocycles. The van der Waals surface area contributed by atoms with Gasteiger partial charge in [-0.15, -0.1) is 0 Å². The van der Waals surface area contributed by atoms with Crippen LogP contribution in [0.2, 0.25) is 0 Å². The van der Waals surface area contributed by atoms with Crippen molar-refractivity contribution in [1.82, 2.24) is 9.55 Å². The highest BCUT2D eigenvalue weighted by Gasteiger charge is 2.31. The van der Waals surface area contributed by atoms with E-state index in [1.54, 1.807) is 17.9 Å². The Morgan fingerprint density at radius 3 is 1.04 bits per heavy atom. The lowest BCUT2D eigenvalue weighted by molar-refractivity contribution is -0.138. The molecule has 0 atom stereocenters. The summed E-state index contributed by atoms with van der Waals surface area (Å²) >= 11 is 4.44. The standard InChI is InChI=1S/C57H36F6I2N4S2/c58-56(59,60)42-15-25-46(26-16-42)67(48-29-33-51(70-64)34-30-48)44-19-9-38(10-20-44)37-5-7-41(8-6-37)55-66-53-3-1-2-4-54(53)69(55)50-23-13-40(14-24-50)39-11-21-45(22-12-39)68(49-31-35-52(71-65)36-32-49)47-27-17-43(18-28-47)57(61,62)63/h1-36H. The number of fused-ring (bicyclic) bond motifs is 1. The van der Waals surface area contributed by atoms with Crippen LogP contribution in [0.3, 0.4) is 0 Å². The molecule has 0 amide bonds. The first-order chi connectivity index (χ1) is 34.3. The van der Waals surface area contributed by atoms with Gasteiger partial charge in [-0.25, -0.2) is 4.98 Å². The van der Waals surface area contributed by atoms with E-state index in [2.05, 4.69) is 102 Å². The summed E-state index contributed by atoms with van der Waals surface area (Å²) < 4.78 is 83.1. The number of hydrogen-bond acceptors (Lipinski definition) is 5. The molecule has 0 unspecified atom stereocenters. The van der Waals surface area contributed by atoms with Crippen LogP contribution in [0.5, 0.6) is 0 Å². The molecule has 10 rings (SSSR count). The Morgan fingerprint density at radius 2 is 0.676 bits per heavy atom. The highest BCUT2D eigenvalue weighted by atomic mass is 127. The minimum absolute atomic E-state index is 0.606. The van der Waals surface area contributed by atoms with Crippen molar-refractivity contribution in [2.75, 3.05) is 9.80 Å². The van der Waals surface area contributed by atoms with E-state index >= 15 is 0 Å². The number of rotatable bonds is 12. The zero-order chi connectivity index (χ0) is 49.3. The summed E-state index contributed by atoms with van der Waals surface area (Å²) in [6, 6.07) is 66.7. The van der Waals surface area contributed by atoms with Crippen molar-refractivity contribution in [3.8, 4) is 39.3 Å². The van der Waals surface area contributed by atoms with Gasteiger partial charge in [0.1, 0.15) is 5.82 Å². The SMILES string of the molecule is FC(F)(F)c1ccc(N(c2ccc(SI)cc2)c2ccc(-c3ccc(-c4nc5ccccc5n4-c4ccc(-c5ccc(N(c6ccc(SI)cc6)c6ccc(C(F)(F)F)cc6)cc5)cc4)cc3)cc2)cc1. The van der Waals surface area contributed by atoms with E-state index in [0.29, 0.717) is 11.4 Å². The molecule has 0 spiro atoms. The van der Waals surface area contributed by atoms with E-state index < -0.39 is 23.5 Å². The minimum atomic E-state index is -4.44. The van der Waals surface area contributed by atoms with Gasteiger partial charge in [-0.1, -0.05) is 90.7 Å². The average molecular weight is 1210 g/mol. The van der Waals surface area contributed by atoms with E-state index in [4.69, 9.17) is 4.98 Å². The van der Waals surface area contributed by atoms with E-state index in [9.17, 15) is 26.3 Å². The molecule has 0 aliphatic heterocycles. The van der Waals surface area contributed by atoms with Crippen molar-refractivity contribution in [2.45, 2.75) is 22.1 Å². The van der Waals surface area contributed by atoms with E-state index in [1.807, 2.05) is 125 Å². The lowest BCUT2D eigenvalue weighted by atomic mass is 10.0. The highest BCUT2D eigenvalue weighted by molar-refractivity contribution is 14.2. The number of para-hydroxylation sites is 2. The van der Waals surface area contributed by atoms with Crippen molar-refractivity contribution >= 4 is 105 Å². The Morgan fingerprint density at radius 1 is 0.366 bits per heavy atom. The lowest BCUT2D eigenvalue weighted by Crippen LogP contribution is -2.11. The summed E-state index contributed by atoms with van der Waals surface area (Å²) in [5.41, 5.74) is 10.6. The van der Waals surface area contributed by atoms with Crippen molar-refractivity contribution < 1.29 is 26.3 Å². The van der Waals surface area contributed by atoms with Gasteiger partial charge in [0.05, 0.1) is 22.2 Å². The Labute approximate surface area is 438 Å². The van der Waals surface area contributed by atoms with Crippen LogP contribution in [-0.4, -0.2) is 9.55 Å². The van der Waals surface area contributed by atoms with Crippen LogP contribution in [0, 0.1) is 0 Å². The number of hydrogen-bond donors (Lipinski definition) is 0. The molecule has 9 aromatic carbocycles. The third kappa shape index (κ3) is 10.4. The van der Waals surface area contributed by atoms with E-state index in [-0.39, 0.29) is 0 Å². The van der Waals surface area contributed by atoms with Crippen molar-refractivity contribution in [2.24, 2.45) is 0 Å². The first kappa shape index (κ1) is 48.4. The number of nitrogens with zero attached hydrogens (tertiary/aromatic N) is 4. The maximum absolute atomic E-state index is 13.5. The highest BCUT2D eigenvalue weighted by Crippen LogP contribution is 2.42. The second kappa shape index (κ2) is 20.5. The van der Waals surface area contributed by atoms with Crippen LogP contribution in [0.25, 0.3) is 50.4 Å². The predicted molar refractivity (Wildman–Crippen MR) is 297 cm³/mol. The zero-order valence-electron chi connectivity index (χ0n) is 36.9. The summed E-state index contributed by atoms with van der Waals surface area (Å²) in [7, 11) is 3.17. The van der Waals surface area contributed by atoms with Gasteiger partial charge in [0.15, 0.2) is 0 Å². The fraction of sp³-hybridized carbons (Fsp3) is 0.0351. The molecule has 0 N–H and O–H groups in total. The molecule has 0 saturated carbocycles. The Balaban J connectivity index is 0.914. The molecule has 4 nitrogen and oxygen atoms in total. The van der Waals surface area contributed by atoms with Gasteiger partial charge < -0.3 is 9.80 Å². The number of imidazole rings is 1. The van der Waals surface area contributed by atoms with Crippen molar-refractivity contribution in [3.63, 3.8) is 0 Å². The monoisotopic (exact) mass is 1210 g/mol. The molecule has 0 saturated heterocycles. The molecule has 0 aliphatic carbocycles. The van der Waals surface area contributed by atoms with Gasteiger partial charge >= 0.3 is 12.4 Å². The zero-order valence-corrected chi connectivity index (χ0v) is 42.9. The molecule has 0 bridgehead atoms. The average Bonchev–Trinajstić information content (AvgIpc) is 3.79. The Hall–Kier alpha value is -6.21. The fourth-order valence-corrected chi connectivity index (χ4v) is 10.7. The molecular weight excluding hydrogens is 1170 g/mol. The summed E-state index contributed by atoms with van der Waals surface area (Å²) in [6.07, 6.45) is -8.87. The summed E-state index contributed by atoms with van der Waals surface area (Å²) in [6.45, 7) is 0. The molecule has 14 heteroatoms. The van der Waals surface area contributed by atoms with Crippen LogP contribution in [0.1, 0.15) is 11.1 Å². The smallest absolute Gasteiger partial charge is 0.311 e. The first-order valence-electron chi connectivity index (χ1n) is 22.0. The summed E-state index contributed by atoms with van der Waals surface area (Å²) in [5, 5.41) is 0. The summed E-state index contributed by atoms with van der Waals surface area (Å²) in [4.78, 5) is 11.1. The van der Waals surface area contributed by atoms with Crippen molar-refractivity contribution in [1.29, 1.82) is 0 Å². The van der Waals surface area contributed by atoms with E-state index in [0.717, 1.165) is 107 Å². The number of anilines is 6. The third-order valence-corrected chi connectivity index (χ3v) is 16.0. The number of halogens is 8. The maximum atomic E-state index is 13.5. The topological polar surface area (TPSA) is 24.3 Å². The minimum Gasteiger partial charge on any atom is -0.311 e. The van der Waals surface area contributed by atoms with Gasteiger partial charge in [0.25, 0.3) is 0 Å². The van der Waals surface area contributed by atoms with Gasteiger partial charge in [0.2, 0.25) is 0 Å². The quantitative estimate of drug-likeness (QED) is 0.0896. The molecule has 10 aromatic rings. The Kier molecular flexibility index (Phi) is 14.0.